The first kappa shape index (κ1) is 60.3. The lowest BCUT2D eigenvalue weighted by molar-refractivity contribution is -0.148. The smallest absolute Gasteiger partial charge is 0.306 e. The van der Waals surface area contributed by atoms with Crippen molar-refractivity contribution in [2.45, 2.75) is 270 Å². The van der Waals surface area contributed by atoms with Crippen molar-refractivity contribution in [1.82, 2.24) is 5.32 Å². The Morgan fingerprint density at radius 3 is 1.21 bits per heavy atom. The molecule has 6 nitrogen and oxygen atoms in total. The quantitative estimate of drug-likeness (QED) is 0.0321. The lowest BCUT2D eigenvalue weighted by Crippen LogP contribution is -2.46. The number of carbonyl (C=O) groups excluding carboxylic acids is 2. The fourth-order valence-electron chi connectivity index (χ4n) is 7.78. The second-order valence-corrected chi connectivity index (χ2v) is 17.9. The highest BCUT2D eigenvalue weighted by Gasteiger charge is 2.23. The summed E-state index contributed by atoms with van der Waals surface area (Å²) in [4.78, 5) is 26.1. The fourth-order valence-corrected chi connectivity index (χ4v) is 7.78. The summed E-state index contributed by atoms with van der Waals surface area (Å²) < 4.78 is 5.81. The van der Waals surface area contributed by atoms with Crippen LogP contribution in [0.4, 0.5) is 0 Å². The number of hydrogen-bond donors (Lipinski definition) is 3. The molecule has 0 rings (SSSR count). The van der Waals surface area contributed by atoms with E-state index < -0.39 is 18.2 Å². The molecule has 0 bridgehead atoms. The molecule has 0 heterocycles. The third kappa shape index (κ3) is 45.7. The first-order valence-electron chi connectivity index (χ1n) is 26.7. The minimum absolute atomic E-state index is 0.0473. The summed E-state index contributed by atoms with van der Waals surface area (Å²) in [6, 6.07) is -0.744. The van der Waals surface area contributed by atoms with Gasteiger partial charge >= 0.3 is 5.97 Å². The lowest BCUT2D eigenvalue weighted by Gasteiger charge is -2.23. The van der Waals surface area contributed by atoms with Gasteiger partial charge in [0.25, 0.3) is 0 Å². The molecule has 0 saturated heterocycles. The molecule has 0 aromatic rings. The van der Waals surface area contributed by atoms with Crippen LogP contribution in [0.1, 0.15) is 252 Å². The van der Waals surface area contributed by atoms with Gasteiger partial charge in [-0.15, -0.1) is 0 Å². The van der Waals surface area contributed by atoms with E-state index in [1.54, 1.807) is 6.08 Å². The van der Waals surface area contributed by atoms with E-state index in [9.17, 15) is 19.8 Å². The highest BCUT2D eigenvalue weighted by atomic mass is 16.5. The number of amides is 1. The molecule has 0 saturated carbocycles. The first-order chi connectivity index (χ1) is 31.0. The van der Waals surface area contributed by atoms with Crippen molar-refractivity contribution < 1.29 is 24.5 Å². The third-order valence-electron chi connectivity index (χ3n) is 11.8. The maximum absolute atomic E-state index is 13.2. The van der Waals surface area contributed by atoms with E-state index in [4.69, 9.17) is 4.74 Å². The summed E-state index contributed by atoms with van der Waals surface area (Å²) in [5.74, 6) is -0.629. The number of aliphatic hydroxyl groups is 2. The van der Waals surface area contributed by atoms with E-state index in [1.165, 1.54) is 135 Å². The van der Waals surface area contributed by atoms with Gasteiger partial charge in [-0.3, -0.25) is 9.59 Å². The van der Waals surface area contributed by atoms with Crippen LogP contribution in [0, 0.1) is 0 Å². The van der Waals surface area contributed by atoms with Crippen molar-refractivity contribution in [1.29, 1.82) is 0 Å². The largest absolute Gasteiger partial charge is 0.458 e. The van der Waals surface area contributed by atoms with Crippen LogP contribution in [-0.4, -0.2) is 46.9 Å². The zero-order valence-corrected chi connectivity index (χ0v) is 41.4. The van der Waals surface area contributed by atoms with Gasteiger partial charge in [0.1, 0.15) is 6.10 Å². The molecule has 63 heavy (non-hydrogen) atoms. The second-order valence-electron chi connectivity index (χ2n) is 17.9. The molecule has 3 N–H and O–H groups in total. The number of hydrogen-bond acceptors (Lipinski definition) is 5. The molecular formula is C57H101NO5. The van der Waals surface area contributed by atoms with E-state index in [-0.39, 0.29) is 24.9 Å². The summed E-state index contributed by atoms with van der Waals surface area (Å²) in [5.41, 5.74) is 0. The second kappa shape index (κ2) is 50.3. The van der Waals surface area contributed by atoms with Crippen LogP contribution in [0.3, 0.4) is 0 Å². The minimum atomic E-state index is -0.821. The zero-order valence-electron chi connectivity index (χ0n) is 41.4. The van der Waals surface area contributed by atoms with Crippen molar-refractivity contribution >= 4 is 11.9 Å². The summed E-state index contributed by atoms with van der Waals surface area (Å²) in [7, 11) is 0. The number of unbranched alkanes of at least 4 members (excludes halogenated alkanes) is 25. The Labute approximate surface area is 390 Å². The monoisotopic (exact) mass is 880 g/mol. The summed E-state index contributed by atoms with van der Waals surface area (Å²) >= 11 is 0. The van der Waals surface area contributed by atoms with Crippen LogP contribution in [0.15, 0.2) is 72.9 Å². The maximum Gasteiger partial charge on any atom is 0.306 e. The number of ether oxygens (including phenoxy) is 1. The normalized spacial score (nSPS) is 13.8. The topological polar surface area (TPSA) is 95.9 Å². The Kier molecular flexibility index (Phi) is 48.1. The molecule has 3 atom stereocenters. The number of aliphatic hydroxyl groups excluding tert-OH is 2. The molecule has 0 aromatic carbocycles. The van der Waals surface area contributed by atoms with Crippen molar-refractivity contribution in [3.8, 4) is 0 Å². The first-order valence-corrected chi connectivity index (χ1v) is 26.7. The van der Waals surface area contributed by atoms with E-state index >= 15 is 0 Å². The van der Waals surface area contributed by atoms with Gasteiger partial charge in [-0.05, 0) is 57.4 Å². The molecule has 364 valence electrons. The highest BCUT2D eigenvalue weighted by molar-refractivity contribution is 5.78. The molecular weight excluding hydrogens is 779 g/mol. The Morgan fingerprint density at radius 2 is 0.825 bits per heavy atom. The molecule has 0 radical (unpaired) electrons. The Bertz CT molecular complexity index is 1170. The van der Waals surface area contributed by atoms with Gasteiger partial charge in [0, 0.05) is 6.42 Å². The average Bonchev–Trinajstić information content (AvgIpc) is 3.28. The molecule has 6 heteroatoms. The Morgan fingerprint density at radius 1 is 0.476 bits per heavy atom. The molecule has 0 aliphatic rings. The Hall–Kier alpha value is -2.70. The molecule has 0 aromatic heterocycles. The number of rotatable bonds is 47. The van der Waals surface area contributed by atoms with Gasteiger partial charge in [-0.25, -0.2) is 0 Å². The SMILES string of the molecule is CC/C=C\C/C=C\C/C=C\C/C=C\C/C=C\C/C=C\C(CC(=O)NC(CO)C(O)CCCCCCCCCCCCCCCCCCC)OC(=O)CCCCCCCCCCCC. The molecule has 0 aliphatic heterocycles. The predicted octanol–water partition coefficient (Wildman–Crippen LogP) is 16.2. The molecule has 1 amide bonds. The molecule has 3 unspecified atom stereocenters. The van der Waals surface area contributed by atoms with Crippen molar-refractivity contribution in [3.05, 3.63) is 72.9 Å². The average molecular weight is 880 g/mol. The minimum Gasteiger partial charge on any atom is -0.458 e. The van der Waals surface area contributed by atoms with Gasteiger partial charge in [0.05, 0.1) is 25.2 Å². The molecule has 0 aliphatic carbocycles. The van der Waals surface area contributed by atoms with Crippen molar-refractivity contribution in [2.24, 2.45) is 0 Å². The van der Waals surface area contributed by atoms with Gasteiger partial charge in [0.15, 0.2) is 0 Å². The number of allylic oxidation sites excluding steroid dienone is 11. The summed E-state index contributed by atoms with van der Waals surface area (Å²) in [5, 5.41) is 23.7. The van der Waals surface area contributed by atoms with E-state index in [1.807, 2.05) is 6.08 Å². The standard InChI is InChI=1S/C57H101NO5/c1-4-7-10-13-16-19-22-24-26-28-30-32-34-36-39-42-45-48-53(63-57(62)50-47-44-41-38-21-18-15-12-9-6-3)51-56(61)58-54(52-59)55(60)49-46-43-40-37-35-33-31-29-27-25-23-20-17-14-11-8-5-2/h7,10,16,19,24,26,30,32,36,39,45,48,53-55,59-60H,4-6,8-9,11-15,17-18,20-23,25,27-29,31,33-35,37-38,40-44,46-47,49-52H2,1-3H3,(H,58,61)/b10-7-,19-16-,26-24-,32-30-,39-36-,48-45-. The van der Waals surface area contributed by atoms with Crippen LogP contribution in [-0.2, 0) is 14.3 Å². The van der Waals surface area contributed by atoms with Crippen LogP contribution in [0.25, 0.3) is 0 Å². The van der Waals surface area contributed by atoms with E-state index in [0.717, 1.165) is 70.6 Å². The zero-order chi connectivity index (χ0) is 45.9. The summed E-state index contributed by atoms with van der Waals surface area (Å²) in [6.45, 7) is 6.33. The number of nitrogens with one attached hydrogen (secondary N) is 1. The van der Waals surface area contributed by atoms with Gasteiger partial charge in [-0.1, -0.05) is 255 Å². The van der Waals surface area contributed by atoms with Gasteiger partial charge < -0.3 is 20.3 Å². The fraction of sp³-hybridized carbons (Fsp3) is 0.754. The van der Waals surface area contributed by atoms with E-state index in [0.29, 0.717) is 19.3 Å². The summed E-state index contributed by atoms with van der Waals surface area (Å²) in [6.07, 6.45) is 64.3. The van der Waals surface area contributed by atoms with E-state index in [2.05, 4.69) is 86.8 Å². The van der Waals surface area contributed by atoms with Crippen molar-refractivity contribution in [3.63, 3.8) is 0 Å². The van der Waals surface area contributed by atoms with Gasteiger partial charge in [0.2, 0.25) is 5.91 Å². The van der Waals surface area contributed by atoms with Crippen LogP contribution in [0.2, 0.25) is 0 Å². The Balaban J connectivity index is 4.67. The van der Waals surface area contributed by atoms with Crippen LogP contribution < -0.4 is 5.32 Å². The van der Waals surface area contributed by atoms with Crippen molar-refractivity contribution in [2.75, 3.05) is 6.61 Å². The molecule has 0 fully saturated rings. The highest BCUT2D eigenvalue weighted by Crippen LogP contribution is 2.16. The number of esters is 1. The van der Waals surface area contributed by atoms with Crippen LogP contribution in [0.5, 0.6) is 0 Å². The van der Waals surface area contributed by atoms with Crippen LogP contribution >= 0.6 is 0 Å². The third-order valence-corrected chi connectivity index (χ3v) is 11.8. The predicted molar refractivity (Wildman–Crippen MR) is 273 cm³/mol. The number of carbonyl (C=O) groups is 2. The lowest BCUT2D eigenvalue weighted by atomic mass is 10.0. The van der Waals surface area contributed by atoms with Gasteiger partial charge in [-0.2, -0.15) is 0 Å². The molecule has 0 spiro atoms. The maximum atomic E-state index is 13.2.